The lowest BCUT2D eigenvalue weighted by Crippen LogP contribution is -2.41. The fourth-order valence-electron chi connectivity index (χ4n) is 2.81. The fourth-order valence-corrected chi connectivity index (χ4v) is 2.81. The van der Waals surface area contributed by atoms with E-state index in [9.17, 15) is 5.21 Å². The number of rotatable bonds is 5. The third-order valence-corrected chi connectivity index (χ3v) is 4.02. The van der Waals surface area contributed by atoms with Gasteiger partial charge in [-0.05, 0) is 39.0 Å². The van der Waals surface area contributed by atoms with Crippen LogP contribution in [0.15, 0.2) is 42.2 Å². The number of hydrogen-bond acceptors (Lipinski definition) is 6. The Morgan fingerprint density at radius 3 is 2.65 bits per heavy atom. The van der Waals surface area contributed by atoms with Gasteiger partial charge in [0, 0.05) is 31.6 Å². The van der Waals surface area contributed by atoms with E-state index in [0.29, 0.717) is 4.97 Å². The maximum atomic E-state index is 11.6. The summed E-state index contributed by atoms with van der Waals surface area (Å²) < 4.78 is 1.74. The van der Waals surface area contributed by atoms with Gasteiger partial charge in [0.2, 0.25) is 5.28 Å². The highest BCUT2D eigenvalue weighted by Crippen LogP contribution is 2.23. The second-order valence-corrected chi connectivity index (χ2v) is 7.37. The van der Waals surface area contributed by atoms with Gasteiger partial charge < -0.3 is 14.9 Å². The summed E-state index contributed by atoms with van der Waals surface area (Å²) in [5.41, 5.74) is 4.43. The van der Waals surface area contributed by atoms with E-state index in [1.165, 1.54) is 6.33 Å². The first kappa shape index (κ1) is 18.0. The number of nitrogens with zero attached hydrogens (tertiary/aromatic N) is 6. The van der Waals surface area contributed by atoms with Crippen molar-refractivity contribution in [1.82, 2.24) is 20.2 Å². The Morgan fingerprint density at radius 1 is 1.27 bits per heavy atom. The summed E-state index contributed by atoms with van der Waals surface area (Å²) in [6, 6.07) is 8.18. The Kier molecular flexibility index (Phi) is 5.24. The van der Waals surface area contributed by atoms with Crippen molar-refractivity contribution in [3.05, 3.63) is 42.1 Å². The lowest BCUT2D eigenvalue weighted by atomic mass is 10.1. The van der Waals surface area contributed by atoms with Crippen LogP contribution in [0.5, 0.6) is 0 Å². The molecule has 26 heavy (non-hydrogen) atoms. The highest BCUT2D eigenvalue weighted by atomic mass is 16.7. The number of hydrazine groups is 1. The molecule has 1 aromatic heterocycles. The Bertz CT molecular complexity index is 732. The Balaban J connectivity index is 1.54. The Labute approximate surface area is 152 Å². The van der Waals surface area contributed by atoms with Crippen LogP contribution in [0.4, 0.5) is 5.69 Å². The maximum Gasteiger partial charge on any atom is 0.233 e. The zero-order chi connectivity index (χ0) is 18.6. The standard InChI is InChI=1S/C17H25N7O2/c1-17(2,3)20-24(25)21-26-16-7-9-22(10-8-16)14-5-4-6-15(11-14)23-13-18-12-19-23/h4-6,11-13,16H,7-10H2,1-3H3,(H,20,21). The van der Waals surface area contributed by atoms with Crippen LogP contribution in [0.1, 0.15) is 33.6 Å². The van der Waals surface area contributed by atoms with Gasteiger partial charge in [-0.15, -0.1) is 0 Å². The van der Waals surface area contributed by atoms with Crippen LogP contribution in [0.25, 0.3) is 5.69 Å². The topological polar surface area (TPSA) is 93.6 Å². The molecule has 0 bridgehead atoms. The molecule has 1 aromatic carbocycles. The van der Waals surface area contributed by atoms with Crippen molar-refractivity contribution in [2.45, 2.75) is 45.3 Å². The van der Waals surface area contributed by atoms with Crippen LogP contribution in [-0.2, 0) is 4.84 Å². The molecule has 0 radical (unpaired) electrons. The van der Waals surface area contributed by atoms with Crippen LogP contribution in [0.3, 0.4) is 0 Å². The number of aromatic nitrogens is 3. The van der Waals surface area contributed by atoms with Crippen molar-refractivity contribution in [1.29, 1.82) is 0 Å². The average Bonchev–Trinajstić information content (AvgIpc) is 3.14. The molecule has 2 heterocycles. The SMILES string of the molecule is CC(C)(C)N/[N+]([O-])=N/OC1CCN(c2cccc(-n3cncn3)c2)CC1. The van der Waals surface area contributed by atoms with Crippen LogP contribution in [-0.4, -0.2) is 44.5 Å². The molecule has 2 aromatic rings. The van der Waals surface area contributed by atoms with E-state index in [-0.39, 0.29) is 11.6 Å². The summed E-state index contributed by atoms with van der Waals surface area (Å²) in [4.78, 5) is 12.1. The first-order valence-corrected chi connectivity index (χ1v) is 8.72. The number of benzene rings is 1. The largest absolute Gasteiger partial charge is 0.569 e. The summed E-state index contributed by atoms with van der Waals surface area (Å²) in [7, 11) is 0. The monoisotopic (exact) mass is 359 g/mol. The minimum Gasteiger partial charge on any atom is -0.569 e. The first-order valence-electron chi connectivity index (χ1n) is 8.72. The molecule has 0 aliphatic carbocycles. The maximum absolute atomic E-state index is 11.6. The Hall–Kier alpha value is -2.84. The molecule has 1 fully saturated rings. The average molecular weight is 359 g/mol. The summed E-state index contributed by atoms with van der Waals surface area (Å²) in [6.07, 6.45) is 4.76. The number of piperidine rings is 1. The summed E-state index contributed by atoms with van der Waals surface area (Å²) in [5, 5.41) is 19.4. The van der Waals surface area contributed by atoms with Crippen molar-refractivity contribution in [2.24, 2.45) is 5.28 Å². The molecule has 9 nitrogen and oxygen atoms in total. The number of hydrogen-bond donors (Lipinski definition) is 1. The van der Waals surface area contributed by atoms with Crippen molar-refractivity contribution < 1.29 is 9.81 Å². The van der Waals surface area contributed by atoms with Gasteiger partial charge in [0.25, 0.3) is 0 Å². The molecule has 1 aliphatic rings. The minimum atomic E-state index is -0.354. The quantitative estimate of drug-likeness (QED) is 0.501. The Morgan fingerprint density at radius 2 is 2.00 bits per heavy atom. The summed E-state index contributed by atoms with van der Waals surface area (Å²) >= 11 is 0. The van der Waals surface area contributed by atoms with Crippen molar-refractivity contribution in [3.8, 4) is 5.69 Å². The summed E-state index contributed by atoms with van der Waals surface area (Å²) in [6.45, 7) is 7.34. The van der Waals surface area contributed by atoms with Crippen LogP contribution in [0.2, 0.25) is 0 Å². The normalized spacial score (nSPS) is 16.6. The lowest BCUT2D eigenvalue weighted by Gasteiger charge is -2.32. The van der Waals surface area contributed by atoms with E-state index >= 15 is 0 Å². The van der Waals surface area contributed by atoms with Crippen molar-refractivity contribution in [3.63, 3.8) is 0 Å². The van der Waals surface area contributed by atoms with Gasteiger partial charge in [0.1, 0.15) is 18.8 Å². The van der Waals surface area contributed by atoms with Crippen molar-refractivity contribution in [2.75, 3.05) is 18.0 Å². The van der Waals surface area contributed by atoms with Crippen LogP contribution < -0.4 is 10.3 Å². The van der Waals surface area contributed by atoms with Gasteiger partial charge >= 0.3 is 0 Å². The molecular formula is C17H25N7O2. The molecule has 0 amide bonds. The highest BCUT2D eigenvalue weighted by molar-refractivity contribution is 5.53. The highest BCUT2D eigenvalue weighted by Gasteiger charge is 2.22. The number of nitrogens with one attached hydrogen (secondary N) is 1. The van der Waals surface area contributed by atoms with Gasteiger partial charge in [-0.25, -0.2) is 9.67 Å². The van der Waals surface area contributed by atoms with Gasteiger partial charge in [0.15, 0.2) is 0 Å². The van der Waals surface area contributed by atoms with Gasteiger partial charge in [-0.2, -0.15) is 10.5 Å². The van der Waals surface area contributed by atoms with E-state index < -0.39 is 0 Å². The predicted octanol–water partition coefficient (Wildman–Crippen LogP) is 2.43. The molecular weight excluding hydrogens is 334 g/mol. The van der Waals surface area contributed by atoms with Gasteiger partial charge in [-0.3, -0.25) is 0 Å². The third kappa shape index (κ3) is 4.84. The van der Waals surface area contributed by atoms with Crippen molar-refractivity contribution >= 4 is 5.69 Å². The predicted molar refractivity (Wildman–Crippen MR) is 96.6 cm³/mol. The second-order valence-electron chi connectivity index (χ2n) is 7.37. The molecule has 1 saturated heterocycles. The summed E-state index contributed by atoms with van der Waals surface area (Å²) in [5.74, 6) is 0. The molecule has 140 valence electrons. The second kappa shape index (κ2) is 7.59. The van der Waals surface area contributed by atoms with E-state index in [4.69, 9.17) is 4.84 Å². The zero-order valence-corrected chi connectivity index (χ0v) is 15.4. The molecule has 0 spiro atoms. The first-order chi connectivity index (χ1) is 12.4. The number of anilines is 1. The molecule has 0 saturated carbocycles. The van der Waals surface area contributed by atoms with E-state index in [1.54, 1.807) is 11.0 Å². The van der Waals surface area contributed by atoms with Gasteiger partial charge in [0.05, 0.1) is 16.2 Å². The lowest BCUT2D eigenvalue weighted by molar-refractivity contribution is -0.626. The molecule has 0 atom stereocenters. The molecule has 9 heteroatoms. The minimum absolute atomic E-state index is 0.0528. The third-order valence-electron chi connectivity index (χ3n) is 4.02. The molecule has 1 aliphatic heterocycles. The van der Waals surface area contributed by atoms with Gasteiger partial charge in [-0.1, -0.05) is 6.07 Å². The van der Waals surface area contributed by atoms with E-state index in [2.05, 4.69) is 37.8 Å². The van der Waals surface area contributed by atoms with Crippen LogP contribution in [0, 0.1) is 5.21 Å². The zero-order valence-electron chi connectivity index (χ0n) is 15.4. The fraction of sp³-hybridized carbons (Fsp3) is 0.529. The van der Waals surface area contributed by atoms with E-state index in [1.807, 2.05) is 32.9 Å². The van der Waals surface area contributed by atoms with E-state index in [0.717, 1.165) is 37.3 Å². The molecule has 3 rings (SSSR count). The molecule has 1 N–H and O–H groups in total. The van der Waals surface area contributed by atoms with Crippen LogP contribution >= 0.6 is 0 Å². The smallest absolute Gasteiger partial charge is 0.233 e. The molecule has 0 unspecified atom stereocenters.